The van der Waals surface area contributed by atoms with Crippen LogP contribution in [-0.4, -0.2) is 23.2 Å². The Bertz CT molecular complexity index is 76.0. The lowest BCUT2D eigenvalue weighted by Gasteiger charge is -2.05. The van der Waals surface area contributed by atoms with Crippen LogP contribution in [0, 0.1) is 0 Å². The summed E-state index contributed by atoms with van der Waals surface area (Å²) in [5.41, 5.74) is 0. The molecule has 0 aliphatic rings. The minimum Gasteiger partial charge on any atom is -0.393 e. The molecule has 68 valence electrons. The van der Waals surface area contributed by atoms with Crippen molar-refractivity contribution < 1.29 is 5.11 Å². The van der Waals surface area contributed by atoms with Crippen LogP contribution in [0.15, 0.2) is 0 Å². The zero-order valence-electron chi connectivity index (χ0n) is 7.68. The van der Waals surface area contributed by atoms with Crippen molar-refractivity contribution in [3.05, 3.63) is 0 Å². The molecule has 2 heteroatoms. The molecule has 1 N–H and O–H groups in total. The molecule has 0 aromatic heterocycles. The van der Waals surface area contributed by atoms with E-state index >= 15 is 0 Å². The summed E-state index contributed by atoms with van der Waals surface area (Å²) in [6.45, 7) is 2.03. The maximum absolute atomic E-state index is 9.21. The molecule has 0 saturated carbocycles. The molecule has 0 rings (SSSR count). The lowest BCUT2D eigenvalue weighted by atomic mass is 10.1. The highest BCUT2D eigenvalue weighted by Crippen LogP contribution is 2.07. The minimum absolute atomic E-state index is 0.0516. The van der Waals surface area contributed by atoms with Gasteiger partial charge in [0, 0.05) is 0 Å². The van der Waals surface area contributed by atoms with Gasteiger partial charge in [-0.25, -0.2) is 0 Å². The quantitative estimate of drug-likeness (QED) is 0.602. The molecule has 0 aliphatic heterocycles. The Hall–Kier alpha value is 0.310. The molecule has 0 amide bonds. The molecule has 0 aromatic carbocycles. The largest absolute Gasteiger partial charge is 0.393 e. The third-order valence-corrected chi connectivity index (χ3v) is 2.55. The van der Waals surface area contributed by atoms with Gasteiger partial charge in [0.2, 0.25) is 0 Å². The highest BCUT2D eigenvalue weighted by Gasteiger charge is 1.98. The molecule has 0 spiro atoms. The van der Waals surface area contributed by atoms with Gasteiger partial charge in [0.25, 0.3) is 0 Å². The molecule has 0 heterocycles. The molecule has 0 radical (unpaired) electrons. The third kappa shape index (κ3) is 8.21. The summed E-state index contributed by atoms with van der Waals surface area (Å²) in [6.07, 6.45) is 7.75. The van der Waals surface area contributed by atoms with Gasteiger partial charge >= 0.3 is 0 Å². The van der Waals surface area contributed by atoms with Gasteiger partial charge in [0.05, 0.1) is 6.10 Å². The molecule has 0 aromatic rings. The van der Waals surface area contributed by atoms with Crippen LogP contribution in [0.25, 0.3) is 0 Å². The van der Waals surface area contributed by atoms with Crippen molar-refractivity contribution in [2.75, 3.05) is 12.0 Å². The van der Waals surface area contributed by atoms with E-state index in [9.17, 15) is 5.11 Å². The fourth-order valence-corrected chi connectivity index (χ4v) is 1.50. The van der Waals surface area contributed by atoms with Crippen molar-refractivity contribution in [2.24, 2.45) is 0 Å². The average Bonchev–Trinajstić information content (AvgIpc) is 2.04. The maximum Gasteiger partial charge on any atom is 0.0537 e. The van der Waals surface area contributed by atoms with Gasteiger partial charge < -0.3 is 5.11 Å². The predicted octanol–water partition coefficient (Wildman–Crippen LogP) is 2.68. The van der Waals surface area contributed by atoms with E-state index in [4.69, 9.17) is 0 Å². The van der Waals surface area contributed by atoms with Crippen molar-refractivity contribution in [3.63, 3.8) is 0 Å². The van der Waals surface area contributed by atoms with Gasteiger partial charge in [-0.1, -0.05) is 19.8 Å². The molecule has 1 unspecified atom stereocenters. The van der Waals surface area contributed by atoms with E-state index in [0.29, 0.717) is 0 Å². The first kappa shape index (κ1) is 11.3. The summed E-state index contributed by atoms with van der Waals surface area (Å²) in [4.78, 5) is 0. The lowest BCUT2D eigenvalue weighted by Crippen LogP contribution is -2.03. The molecule has 0 aliphatic carbocycles. The van der Waals surface area contributed by atoms with Gasteiger partial charge in [0.15, 0.2) is 0 Å². The van der Waals surface area contributed by atoms with Crippen LogP contribution in [0.1, 0.15) is 39.0 Å². The second-order valence-corrected chi connectivity index (χ2v) is 3.89. The molecule has 11 heavy (non-hydrogen) atoms. The zero-order chi connectivity index (χ0) is 8.53. The van der Waals surface area contributed by atoms with E-state index in [-0.39, 0.29) is 6.10 Å². The van der Waals surface area contributed by atoms with Gasteiger partial charge in [-0.15, -0.1) is 0 Å². The van der Waals surface area contributed by atoms with Crippen molar-refractivity contribution in [3.8, 4) is 0 Å². The minimum atomic E-state index is -0.0516. The number of thioether (sulfide) groups is 1. The van der Waals surface area contributed by atoms with E-state index < -0.39 is 0 Å². The van der Waals surface area contributed by atoms with Gasteiger partial charge in [-0.3, -0.25) is 0 Å². The maximum atomic E-state index is 9.21. The lowest BCUT2D eigenvalue weighted by molar-refractivity contribution is 0.157. The summed E-state index contributed by atoms with van der Waals surface area (Å²) < 4.78 is 0. The van der Waals surface area contributed by atoms with E-state index in [1.165, 1.54) is 25.0 Å². The topological polar surface area (TPSA) is 20.2 Å². The van der Waals surface area contributed by atoms with Crippen LogP contribution in [0.3, 0.4) is 0 Å². The Morgan fingerprint density at radius 2 is 2.00 bits per heavy atom. The standard InChI is InChI=1S/C9H20OS/c1-3-9(10)7-5-4-6-8-11-2/h9-10H,3-8H2,1-2H3. The number of rotatable bonds is 7. The van der Waals surface area contributed by atoms with Crippen molar-refractivity contribution in [2.45, 2.75) is 45.1 Å². The van der Waals surface area contributed by atoms with Gasteiger partial charge in [0.1, 0.15) is 0 Å². The first-order valence-corrected chi connectivity index (χ1v) is 5.87. The number of hydrogen-bond acceptors (Lipinski definition) is 2. The smallest absolute Gasteiger partial charge is 0.0537 e. The fourth-order valence-electron chi connectivity index (χ4n) is 1.01. The Kier molecular flexibility index (Phi) is 8.64. The van der Waals surface area contributed by atoms with E-state index in [1.807, 2.05) is 18.7 Å². The number of aliphatic hydroxyl groups excluding tert-OH is 1. The SMILES string of the molecule is CCC(O)CCCCCSC. The molecule has 0 bridgehead atoms. The van der Waals surface area contributed by atoms with E-state index in [1.54, 1.807) is 0 Å². The highest BCUT2D eigenvalue weighted by molar-refractivity contribution is 7.98. The van der Waals surface area contributed by atoms with E-state index in [2.05, 4.69) is 6.26 Å². The van der Waals surface area contributed by atoms with Gasteiger partial charge in [-0.2, -0.15) is 11.8 Å². The van der Waals surface area contributed by atoms with Crippen LogP contribution in [-0.2, 0) is 0 Å². The predicted molar refractivity (Wildman–Crippen MR) is 53.1 cm³/mol. The monoisotopic (exact) mass is 176 g/mol. The Labute approximate surface area is 74.6 Å². The van der Waals surface area contributed by atoms with Crippen LogP contribution in [0.5, 0.6) is 0 Å². The molecule has 0 fully saturated rings. The normalized spacial score (nSPS) is 13.4. The summed E-state index contributed by atoms with van der Waals surface area (Å²) in [5, 5.41) is 9.21. The second-order valence-electron chi connectivity index (χ2n) is 2.90. The molecule has 0 saturated heterocycles. The van der Waals surface area contributed by atoms with E-state index in [0.717, 1.165) is 12.8 Å². The second kappa shape index (κ2) is 8.41. The summed E-state index contributed by atoms with van der Waals surface area (Å²) in [5.74, 6) is 1.27. The first-order chi connectivity index (χ1) is 5.31. The van der Waals surface area contributed by atoms with Crippen LogP contribution in [0.4, 0.5) is 0 Å². The third-order valence-electron chi connectivity index (χ3n) is 1.86. The number of hydrogen-bond donors (Lipinski definition) is 1. The van der Waals surface area contributed by atoms with Crippen LogP contribution >= 0.6 is 11.8 Å². The van der Waals surface area contributed by atoms with Crippen molar-refractivity contribution in [1.82, 2.24) is 0 Å². The fraction of sp³-hybridized carbons (Fsp3) is 1.00. The Balaban J connectivity index is 2.89. The van der Waals surface area contributed by atoms with Crippen molar-refractivity contribution in [1.29, 1.82) is 0 Å². The number of unbranched alkanes of at least 4 members (excludes halogenated alkanes) is 2. The molecular weight excluding hydrogens is 156 g/mol. The summed E-state index contributed by atoms with van der Waals surface area (Å²) in [7, 11) is 0. The summed E-state index contributed by atoms with van der Waals surface area (Å²) in [6, 6.07) is 0. The average molecular weight is 176 g/mol. The molecule has 1 atom stereocenters. The van der Waals surface area contributed by atoms with Crippen molar-refractivity contribution >= 4 is 11.8 Å². The highest BCUT2D eigenvalue weighted by atomic mass is 32.2. The van der Waals surface area contributed by atoms with Crippen LogP contribution < -0.4 is 0 Å². The Morgan fingerprint density at radius 1 is 1.27 bits per heavy atom. The molecular formula is C9H20OS. The zero-order valence-corrected chi connectivity index (χ0v) is 8.49. The van der Waals surface area contributed by atoms with Crippen LogP contribution in [0.2, 0.25) is 0 Å². The summed E-state index contributed by atoms with van der Waals surface area (Å²) >= 11 is 1.90. The van der Waals surface area contributed by atoms with Gasteiger partial charge in [-0.05, 0) is 31.3 Å². The molecule has 1 nitrogen and oxygen atoms in total. The Morgan fingerprint density at radius 3 is 2.55 bits per heavy atom. The number of aliphatic hydroxyl groups is 1. The first-order valence-electron chi connectivity index (χ1n) is 4.48.